The summed E-state index contributed by atoms with van der Waals surface area (Å²) < 4.78 is 0. The van der Waals surface area contributed by atoms with Crippen molar-refractivity contribution in [2.45, 2.75) is 43.6 Å². The van der Waals surface area contributed by atoms with Crippen molar-refractivity contribution in [2.24, 2.45) is 0 Å². The van der Waals surface area contributed by atoms with Crippen molar-refractivity contribution in [1.29, 1.82) is 0 Å². The molecule has 2 N–H and O–H groups in total. The highest BCUT2D eigenvalue weighted by Crippen LogP contribution is 2.42. The van der Waals surface area contributed by atoms with Gasteiger partial charge in [-0.25, -0.2) is 0 Å². The normalized spacial score (nSPS) is 27.0. The van der Waals surface area contributed by atoms with Gasteiger partial charge in [0.25, 0.3) is 0 Å². The number of benzene rings is 2. The minimum atomic E-state index is -2.16. The molecule has 3 atom stereocenters. The van der Waals surface area contributed by atoms with Gasteiger partial charge >= 0.3 is 0 Å². The molecule has 1 fully saturated rings. The largest absolute Gasteiger partial charge is 0.391 e. The predicted octanol–water partition coefficient (Wildman–Crippen LogP) is 2.16. The topological polar surface area (TPSA) is 40.5 Å². The summed E-state index contributed by atoms with van der Waals surface area (Å²) in [7, 11) is -2.16. The van der Waals surface area contributed by atoms with Crippen LogP contribution in [-0.2, 0) is 0 Å². The maximum Gasteiger partial charge on any atom is 0.126 e. The standard InChI is InChI=1S/C19H24O2Si/c1-2-9-18-19(21)17(20)14-22(18,15-10-5-3-6-11-15)16-12-7-4-8-13-16/h3-8,10-13,17-21H,2,9,14H2,1H3/t17-,18+,19-/m1/s1. The average Bonchev–Trinajstić information content (AvgIpc) is 2.83. The molecule has 0 amide bonds. The first-order valence-corrected chi connectivity index (χ1v) is 10.5. The fraction of sp³-hybridized carbons (Fsp3) is 0.368. The molecule has 3 heteroatoms. The van der Waals surface area contributed by atoms with Crippen molar-refractivity contribution in [1.82, 2.24) is 0 Å². The Morgan fingerprint density at radius 3 is 1.86 bits per heavy atom. The summed E-state index contributed by atoms with van der Waals surface area (Å²) in [6, 6.07) is 21.8. The van der Waals surface area contributed by atoms with Gasteiger partial charge in [0.2, 0.25) is 0 Å². The second kappa shape index (κ2) is 6.37. The van der Waals surface area contributed by atoms with E-state index in [2.05, 4.69) is 55.5 Å². The molecule has 2 nitrogen and oxygen atoms in total. The summed E-state index contributed by atoms with van der Waals surface area (Å²) in [6.07, 6.45) is 0.785. The molecule has 2 aromatic carbocycles. The molecule has 1 saturated heterocycles. The smallest absolute Gasteiger partial charge is 0.126 e. The Balaban J connectivity index is 2.19. The molecule has 0 aliphatic carbocycles. The van der Waals surface area contributed by atoms with E-state index < -0.39 is 20.3 Å². The van der Waals surface area contributed by atoms with Crippen molar-refractivity contribution < 1.29 is 10.2 Å². The van der Waals surface area contributed by atoms with Gasteiger partial charge in [0.1, 0.15) is 8.07 Å². The van der Waals surface area contributed by atoms with Crippen molar-refractivity contribution >= 4 is 18.4 Å². The van der Waals surface area contributed by atoms with E-state index >= 15 is 0 Å². The molecule has 0 radical (unpaired) electrons. The fourth-order valence-corrected chi connectivity index (χ4v) is 10.2. The fourth-order valence-electron chi connectivity index (χ4n) is 4.19. The molecule has 2 aromatic rings. The second-order valence-corrected chi connectivity index (χ2v) is 10.6. The highest BCUT2D eigenvalue weighted by atomic mass is 28.3. The van der Waals surface area contributed by atoms with Gasteiger partial charge in [-0.05, 0) is 18.0 Å². The third-order valence-corrected chi connectivity index (χ3v) is 10.8. The van der Waals surface area contributed by atoms with Crippen LogP contribution in [0.15, 0.2) is 60.7 Å². The highest BCUT2D eigenvalue weighted by molar-refractivity contribution is 7.04. The Morgan fingerprint density at radius 2 is 1.41 bits per heavy atom. The summed E-state index contributed by atoms with van der Waals surface area (Å²) in [6.45, 7) is 2.16. The first-order chi connectivity index (χ1) is 10.7. The third kappa shape index (κ3) is 2.43. The number of rotatable bonds is 4. The van der Waals surface area contributed by atoms with Gasteiger partial charge in [0, 0.05) is 0 Å². The van der Waals surface area contributed by atoms with Gasteiger partial charge in [0.05, 0.1) is 12.2 Å². The first-order valence-electron chi connectivity index (χ1n) is 8.17. The second-order valence-electron chi connectivity index (χ2n) is 6.36. The molecular weight excluding hydrogens is 288 g/mol. The van der Waals surface area contributed by atoms with Crippen LogP contribution in [0.2, 0.25) is 11.6 Å². The van der Waals surface area contributed by atoms with Crippen LogP contribution in [0.1, 0.15) is 19.8 Å². The lowest BCUT2D eigenvalue weighted by Crippen LogP contribution is -2.60. The summed E-state index contributed by atoms with van der Waals surface area (Å²) in [4.78, 5) is 0. The van der Waals surface area contributed by atoms with Crippen LogP contribution in [0.5, 0.6) is 0 Å². The zero-order valence-corrected chi connectivity index (χ0v) is 14.0. The summed E-state index contributed by atoms with van der Waals surface area (Å²) in [5, 5.41) is 23.7. The molecule has 1 heterocycles. The number of aliphatic hydroxyl groups excluding tert-OH is 2. The van der Waals surface area contributed by atoms with E-state index in [1.165, 1.54) is 10.4 Å². The van der Waals surface area contributed by atoms with Crippen LogP contribution in [0, 0.1) is 0 Å². The molecule has 116 valence electrons. The van der Waals surface area contributed by atoms with E-state index in [4.69, 9.17) is 0 Å². The van der Waals surface area contributed by atoms with E-state index in [1.807, 2.05) is 12.1 Å². The minimum Gasteiger partial charge on any atom is -0.391 e. The quantitative estimate of drug-likeness (QED) is 0.849. The highest BCUT2D eigenvalue weighted by Gasteiger charge is 2.55. The van der Waals surface area contributed by atoms with Gasteiger partial charge in [-0.3, -0.25) is 0 Å². The van der Waals surface area contributed by atoms with Crippen molar-refractivity contribution in [3.63, 3.8) is 0 Å². The maximum atomic E-state index is 10.6. The number of hydrogen-bond acceptors (Lipinski definition) is 2. The van der Waals surface area contributed by atoms with E-state index in [0.29, 0.717) is 6.04 Å². The van der Waals surface area contributed by atoms with Crippen LogP contribution in [-0.4, -0.2) is 30.5 Å². The molecule has 3 rings (SSSR count). The van der Waals surface area contributed by atoms with Gasteiger partial charge in [-0.1, -0.05) is 84.4 Å². The molecule has 1 aliphatic rings. The SMILES string of the molecule is CCC[C@H]1[C@H](O)[C@H](O)C[Si]1(c1ccccc1)c1ccccc1. The van der Waals surface area contributed by atoms with Gasteiger partial charge < -0.3 is 10.2 Å². The summed E-state index contributed by atoms with van der Waals surface area (Å²) >= 11 is 0. The van der Waals surface area contributed by atoms with Crippen LogP contribution in [0.3, 0.4) is 0 Å². The zero-order chi connectivity index (χ0) is 15.6. The summed E-state index contributed by atoms with van der Waals surface area (Å²) in [5.74, 6) is 0. The molecule has 0 bridgehead atoms. The van der Waals surface area contributed by atoms with Crippen molar-refractivity contribution in [3.05, 3.63) is 60.7 Å². The Labute approximate surface area is 133 Å². The zero-order valence-electron chi connectivity index (χ0n) is 13.0. The maximum absolute atomic E-state index is 10.6. The Hall–Kier alpha value is -1.42. The average molecular weight is 312 g/mol. The Bertz CT molecular complexity index is 560. The van der Waals surface area contributed by atoms with Gasteiger partial charge in [-0.15, -0.1) is 0 Å². The van der Waals surface area contributed by atoms with Crippen molar-refractivity contribution in [3.8, 4) is 0 Å². The molecular formula is C19H24O2Si. The van der Waals surface area contributed by atoms with E-state index in [1.54, 1.807) is 0 Å². The molecule has 0 unspecified atom stereocenters. The van der Waals surface area contributed by atoms with Crippen LogP contribution in [0.25, 0.3) is 0 Å². The van der Waals surface area contributed by atoms with Crippen LogP contribution < -0.4 is 10.4 Å². The first kappa shape index (κ1) is 15.5. The third-order valence-electron chi connectivity index (χ3n) is 5.15. The monoisotopic (exact) mass is 312 g/mol. The summed E-state index contributed by atoms with van der Waals surface area (Å²) in [5.41, 5.74) is 0.178. The molecule has 0 aromatic heterocycles. The number of aliphatic hydroxyl groups is 2. The van der Waals surface area contributed by atoms with Crippen LogP contribution in [0.4, 0.5) is 0 Å². The van der Waals surface area contributed by atoms with E-state index in [-0.39, 0.29) is 5.54 Å². The van der Waals surface area contributed by atoms with E-state index in [9.17, 15) is 10.2 Å². The molecule has 0 spiro atoms. The molecule has 0 saturated carbocycles. The van der Waals surface area contributed by atoms with Gasteiger partial charge in [0.15, 0.2) is 0 Å². The van der Waals surface area contributed by atoms with E-state index in [0.717, 1.165) is 12.8 Å². The van der Waals surface area contributed by atoms with Gasteiger partial charge in [-0.2, -0.15) is 0 Å². The lowest BCUT2D eigenvalue weighted by molar-refractivity contribution is 0.0376. The Morgan fingerprint density at radius 1 is 0.909 bits per heavy atom. The number of hydrogen-bond donors (Lipinski definition) is 2. The lowest BCUT2D eigenvalue weighted by atomic mass is 10.1. The molecule has 1 aliphatic heterocycles. The molecule has 22 heavy (non-hydrogen) atoms. The minimum absolute atomic E-state index is 0.178. The predicted molar refractivity (Wildman–Crippen MR) is 93.4 cm³/mol. The van der Waals surface area contributed by atoms with Crippen molar-refractivity contribution in [2.75, 3.05) is 0 Å². The van der Waals surface area contributed by atoms with Crippen LogP contribution >= 0.6 is 0 Å². The lowest BCUT2D eigenvalue weighted by Gasteiger charge is -2.35. The Kier molecular flexibility index (Phi) is 4.48.